The molecule has 1 N–H and O–H groups in total. The number of non-ortho nitro benzene ring substituents is 1. The maximum Gasteiger partial charge on any atom is 0.278 e. The van der Waals surface area contributed by atoms with Crippen LogP contribution in [-0.2, 0) is 0 Å². The highest BCUT2D eigenvalue weighted by Crippen LogP contribution is 2.32. The van der Waals surface area contributed by atoms with Crippen LogP contribution in [0.4, 0.5) is 11.4 Å². The Morgan fingerprint density at radius 2 is 2.04 bits per heavy atom. The second kappa shape index (κ2) is 6.52. The van der Waals surface area contributed by atoms with Gasteiger partial charge in [0.25, 0.3) is 5.69 Å². The number of aromatic nitrogens is 2. The fraction of sp³-hybridized carbons (Fsp3) is 0.294. The molecule has 0 saturated heterocycles. The van der Waals surface area contributed by atoms with Crippen molar-refractivity contribution in [2.45, 2.75) is 32.7 Å². The summed E-state index contributed by atoms with van der Waals surface area (Å²) in [5.74, 6) is 0.401. The number of nitrogens with one attached hydrogen (secondary N) is 1. The molecule has 1 atom stereocenters. The normalized spacial score (nSPS) is 12.5. The first-order valence-electron chi connectivity index (χ1n) is 7.71. The van der Waals surface area contributed by atoms with Gasteiger partial charge in [-0.3, -0.25) is 15.1 Å². The van der Waals surface area contributed by atoms with Crippen LogP contribution in [0.5, 0.6) is 0 Å². The molecule has 0 amide bonds. The van der Waals surface area contributed by atoms with Crippen LogP contribution in [-0.4, -0.2) is 14.9 Å². The number of hydrogen-bond donors (Lipinski definition) is 1. The van der Waals surface area contributed by atoms with Crippen LogP contribution in [0.2, 0.25) is 0 Å². The Kier molecular flexibility index (Phi) is 4.44. The van der Waals surface area contributed by atoms with E-state index >= 15 is 0 Å². The molecule has 0 spiro atoms. The first-order chi connectivity index (χ1) is 11.5. The third kappa shape index (κ3) is 3.07. The molecular formula is C17H18N4O2S. The summed E-state index contributed by atoms with van der Waals surface area (Å²) in [4.78, 5) is 19.8. The maximum atomic E-state index is 11.2. The van der Waals surface area contributed by atoms with Crippen molar-refractivity contribution in [3.63, 3.8) is 0 Å². The number of nitro groups is 1. The van der Waals surface area contributed by atoms with E-state index in [1.807, 2.05) is 12.3 Å². The molecule has 124 valence electrons. The summed E-state index contributed by atoms with van der Waals surface area (Å²) < 4.78 is 0. The van der Waals surface area contributed by atoms with E-state index in [0.29, 0.717) is 16.8 Å². The molecule has 2 aromatic heterocycles. The number of nitro benzene ring substituents is 1. The second-order valence-corrected chi connectivity index (χ2v) is 6.81. The molecule has 1 aromatic carbocycles. The Labute approximate surface area is 143 Å². The largest absolute Gasteiger partial charge is 0.375 e. The van der Waals surface area contributed by atoms with Gasteiger partial charge in [0, 0.05) is 23.6 Å². The number of nitrogens with zero attached hydrogens (tertiary/aromatic N) is 3. The lowest BCUT2D eigenvalue weighted by Gasteiger charge is -2.15. The number of fused-ring (bicyclic) bond motifs is 1. The minimum absolute atomic E-state index is 0.0135. The molecule has 3 rings (SSSR count). The van der Waals surface area contributed by atoms with E-state index in [2.05, 4.69) is 29.1 Å². The summed E-state index contributed by atoms with van der Waals surface area (Å²) in [6.07, 6.45) is 1.64. The van der Waals surface area contributed by atoms with E-state index < -0.39 is 0 Å². The van der Waals surface area contributed by atoms with E-state index in [4.69, 9.17) is 0 Å². The summed E-state index contributed by atoms with van der Waals surface area (Å²) in [6, 6.07) is 6.63. The second-order valence-electron chi connectivity index (χ2n) is 5.92. The number of rotatable bonds is 5. The van der Waals surface area contributed by atoms with Crippen LogP contribution in [0.1, 0.15) is 43.4 Å². The average molecular weight is 342 g/mol. The zero-order chi connectivity index (χ0) is 17.3. The van der Waals surface area contributed by atoms with E-state index in [9.17, 15) is 10.1 Å². The molecule has 0 fully saturated rings. The van der Waals surface area contributed by atoms with Gasteiger partial charge in [-0.2, -0.15) is 0 Å². The molecule has 0 bridgehead atoms. The molecular weight excluding hydrogens is 324 g/mol. The van der Waals surface area contributed by atoms with E-state index in [-0.39, 0.29) is 16.7 Å². The highest BCUT2D eigenvalue weighted by molar-refractivity contribution is 7.09. The van der Waals surface area contributed by atoms with Crippen LogP contribution in [0.25, 0.3) is 10.9 Å². The van der Waals surface area contributed by atoms with Gasteiger partial charge < -0.3 is 5.32 Å². The molecule has 1 unspecified atom stereocenters. The van der Waals surface area contributed by atoms with Crippen LogP contribution in [0.3, 0.4) is 0 Å². The Morgan fingerprint density at radius 1 is 1.25 bits per heavy atom. The van der Waals surface area contributed by atoms with Crippen molar-refractivity contribution in [2.75, 3.05) is 5.32 Å². The SMILES string of the molecule is CC(C)c1nc(C(C)Nc2ccc([N+](=O)[O-])c3cccnc23)cs1. The molecule has 0 aliphatic carbocycles. The van der Waals surface area contributed by atoms with Crippen LogP contribution >= 0.6 is 11.3 Å². The number of pyridine rings is 1. The third-order valence-corrected chi connectivity index (χ3v) is 4.96. The van der Waals surface area contributed by atoms with Gasteiger partial charge >= 0.3 is 0 Å². The predicted octanol–water partition coefficient (Wildman–Crippen LogP) is 4.90. The smallest absolute Gasteiger partial charge is 0.278 e. The Morgan fingerprint density at radius 3 is 2.71 bits per heavy atom. The summed E-state index contributed by atoms with van der Waals surface area (Å²) in [5, 5.41) is 18.2. The molecule has 24 heavy (non-hydrogen) atoms. The summed E-state index contributed by atoms with van der Waals surface area (Å²) in [5.41, 5.74) is 2.39. The van der Waals surface area contributed by atoms with E-state index in [0.717, 1.165) is 16.4 Å². The lowest BCUT2D eigenvalue weighted by atomic mass is 10.1. The Hall–Kier alpha value is -2.54. The highest BCUT2D eigenvalue weighted by Gasteiger charge is 2.17. The Bertz CT molecular complexity index is 891. The third-order valence-electron chi connectivity index (χ3n) is 3.79. The summed E-state index contributed by atoms with van der Waals surface area (Å²) >= 11 is 1.65. The van der Waals surface area contributed by atoms with Crippen molar-refractivity contribution < 1.29 is 4.92 Å². The number of thiazole rings is 1. The lowest BCUT2D eigenvalue weighted by Crippen LogP contribution is -2.08. The topological polar surface area (TPSA) is 81.0 Å². The first kappa shape index (κ1) is 16.3. The van der Waals surface area contributed by atoms with Gasteiger partial charge in [0.1, 0.15) is 5.52 Å². The van der Waals surface area contributed by atoms with Gasteiger partial charge in [0.2, 0.25) is 0 Å². The Balaban J connectivity index is 1.95. The monoisotopic (exact) mass is 342 g/mol. The molecule has 7 heteroatoms. The molecule has 0 saturated carbocycles. The predicted molar refractivity (Wildman–Crippen MR) is 96.6 cm³/mol. The van der Waals surface area contributed by atoms with Crippen molar-refractivity contribution in [2.24, 2.45) is 0 Å². The molecule has 6 nitrogen and oxygen atoms in total. The average Bonchev–Trinajstić information content (AvgIpc) is 3.05. The fourth-order valence-electron chi connectivity index (χ4n) is 2.51. The van der Waals surface area contributed by atoms with Crippen LogP contribution < -0.4 is 5.32 Å². The van der Waals surface area contributed by atoms with E-state index in [1.54, 1.807) is 35.7 Å². The van der Waals surface area contributed by atoms with Gasteiger partial charge in [0.05, 0.1) is 32.7 Å². The fourth-order valence-corrected chi connectivity index (χ4v) is 3.43. The molecule has 0 radical (unpaired) electrons. The van der Waals surface area contributed by atoms with Gasteiger partial charge in [-0.15, -0.1) is 11.3 Å². The first-order valence-corrected chi connectivity index (χ1v) is 8.59. The van der Waals surface area contributed by atoms with Gasteiger partial charge in [0.15, 0.2) is 0 Å². The minimum atomic E-state index is -0.382. The van der Waals surface area contributed by atoms with Crippen molar-refractivity contribution in [1.29, 1.82) is 0 Å². The molecule has 0 aliphatic heterocycles. The number of anilines is 1. The van der Waals surface area contributed by atoms with Crippen LogP contribution in [0, 0.1) is 10.1 Å². The van der Waals surface area contributed by atoms with Crippen molar-refractivity contribution in [3.8, 4) is 0 Å². The molecule has 0 aliphatic rings. The van der Waals surface area contributed by atoms with Gasteiger partial charge in [-0.05, 0) is 25.1 Å². The number of hydrogen-bond acceptors (Lipinski definition) is 6. The molecule has 2 heterocycles. The van der Waals surface area contributed by atoms with E-state index in [1.165, 1.54) is 6.07 Å². The minimum Gasteiger partial charge on any atom is -0.375 e. The quantitative estimate of drug-likeness (QED) is 0.527. The summed E-state index contributed by atoms with van der Waals surface area (Å²) in [7, 11) is 0. The zero-order valence-electron chi connectivity index (χ0n) is 13.7. The summed E-state index contributed by atoms with van der Waals surface area (Å²) in [6.45, 7) is 6.26. The highest BCUT2D eigenvalue weighted by atomic mass is 32.1. The van der Waals surface area contributed by atoms with Crippen molar-refractivity contribution >= 4 is 33.6 Å². The standard InChI is InChI=1S/C17H18N4O2S/c1-10(2)17-20-14(9-24-17)11(3)19-13-6-7-15(21(22)23)12-5-4-8-18-16(12)13/h4-11,19H,1-3H3. The number of benzene rings is 1. The maximum absolute atomic E-state index is 11.2. The zero-order valence-corrected chi connectivity index (χ0v) is 14.5. The van der Waals surface area contributed by atoms with Gasteiger partial charge in [-0.1, -0.05) is 13.8 Å². The van der Waals surface area contributed by atoms with Gasteiger partial charge in [-0.25, -0.2) is 4.98 Å². The van der Waals surface area contributed by atoms with Crippen LogP contribution in [0.15, 0.2) is 35.8 Å². The molecule has 3 aromatic rings. The van der Waals surface area contributed by atoms with Crippen molar-refractivity contribution in [3.05, 3.63) is 56.7 Å². The van der Waals surface area contributed by atoms with Crippen molar-refractivity contribution in [1.82, 2.24) is 9.97 Å². The lowest BCUT2D eigenvalue weighted by molar-refractivity contribution is -0.383.